The molecular formula is C13H16FNO. The Hall–Kier alpha value is -1.35. The molecule has 1 N–H and O–H groups in total. The van der Waals surface area contributed by atoms with E-state index in [9.17, 15) is 9.50 Å². The van der Waals surface area contributed by atoms with Gasteiger partial charge >= 0.3 is 0 Å². The lowest BCUT2D eigenvalue weighted by atomic mass is 10.1. The molecule has 0 fully saturated rings. The zero-order valence-electron chi connectivity index (χ0n) is 9.79. The first-order chi connectivity index (χ1) is 7.37. The van der Waals surface area contributed by atoms with Gasteiger partial charge in [-0.25, -0.2) is 4.39 Å². The van der Waals surface area contributed by atoms with Gasteiger partial charge in [-0.05, 0) is 45.0 Å². The monoisotopic (exact) mass is 221 g/mol. The van der Waals surface area contributed by atoms with Gasteiger partial charge in [-0.1, -0.05) is 0 Å². The fourth-order valence-electron chi connectivity index (χ4n) is 1.98. The van der Waals surface area contributed by atoms with E-state index < -0.39 is 5.60 Å². The average Bonchev–Trinajstić information content (AvgIpc) is 2.40. The number of halogens is 1. The van der Waals surface area contributed by atoms with Gasteiger partial charge in [-0.2, -0.15) is 0 Å². The standard InChI is InChI=1S/C13H16FNO/c1-9-6-10-7-11(14)4-5-12(10)15(9)8-13(2,3)16/h4-7,16H,8H2,1-3H3. The molecule has 0 atom stereocenters. The molecule has 2 aromatic rings. The maximum Gasteiger partial charge on any atom is 0.123 e. The first-order valence-corrected chi connectivity index (χ1v) is 5.34. The lowest BCUT2D eigenvalue weighted by Gasteiger charge is -2.20. The lowest BCUT2D eigenvalue weighted by Crippen LogP contribution is -2.26. The second-order valence-electron chi connectivity index (χ2n) is 4.89. The number of rotatable bonds is 2. The molecule has 86 valence electrons. The van der Waals surface area contributed by atoms with Gasteiger partial charge in [-0.15, -0.1) is 0 Å². The summed E-state index contributed by atoms with van der Waals surface area (Å²) in [4.78, 5) is 0. The van der Waals surface area contributed by atoms with Gasteiger partial charge in [0.25, 0.3) is 0 Å². The largest absolute Gasteiger partial charge is 0.389 e. The first-order valence-electron chi connectivity index (χ1n) is 5.34. The average molecular weight is 221 g/mol. The van der Waals surface area contributed by atoms with Crippen molar-refractivity contribution < 1.29 is 9.50 Å². The third-order valence-corrected chi connectivity index (χ3v) is 2.62. The van der Waals surface area contributed by atoms with Crippen LogP contribution in [0.3, 0.4) is 0 Å². The van der Waals surface area contributed by atoms with E-state index in [1.807, 2.05) is 17.6 Å². The smallest absolute Gasteiger partial charge is 0.123 e. The fourth-order valence-corrected chi connectivity index (χ4v) is 1.98. The lowest BCUT2D eigenvalue weighted by molar-refractivity contribution is 0.0623. The minimum atomic E-state index is -0.773. The Labute approximate surface area is 94.3 Å². The number of aliphatic hydroxyl groups is 1. The highest BCUT2D eigenvalue weighted by atomic mass is 19.1. The van der Waals surface area contributed by atoms with E-state index in [0.29, 0.717) is 6.54 Å². The number of fused-ring (bicyclic) bond motifs is 1. The van der Waals surface area contributed by atoms with E-state index in [2.05, 4.69) is 0 Å². The molecule has 2 rings (SSSR count). The summed E-state index contributed by atoms with van der Waals surface area (Å²) >= 11 is 0. The summed E-state index contributed by atoms with van der Waals surface area (Å²) in [6.07, 6.45) is 0. The summed E-state index contributed by atoms with van der Waals surface area (Å²) in [5.74, 6) is -0.229. The summed E-state index contributed by atoms with van der Waals surface area (Å²) < 4.78 is 15.1. The molecule has 0 aliphatic carbocycles. The van der Waals surface area contributed by atoms with Crippen LogP contribution in [-0.2, 0) is 6.54 Å². The highest BCUT2D eigenvalue weighted by Crippen LogP contribution is 2.22. The molecular weight excluding hydrogens is 205 g/mol. The molecule has 2 nitrogen and oxygen atoms in total. The van der Waals surface area contributed by atoms with Crippen molar-refractivity contribution in [2.75, 3.05) is 0 Å². The Balaban J connectivity index is 2.56. The van der Waals surface area contributed by atoms with Crippen LogP contribution in [-0.4, -0.2) is 15.3 Å². The first kappa shape index (κ1) is 11.1. The van der Waals surface area contributed by atoms with E-state index in [4.69, 9.17) is 0 Å². The van der Waals surface area contributed by atoms with Crippen LogP contribution in [0.4, 0.5) is 4.39 Å². The van der Waals surface area contributed by atoms with Gasteiger partial charge in [0.1, 0.15) is 5.82 Å². The topological polar surface area (TPSA) is 25.2 Å². The minimum Gasteiger partial charge on any atom is -0.389 e. The SMILES string of the molecule is Cc1cc2cc(F)ccc2n1CC(C)(C)O. The molecule has 0 saturated carbocycles. The number of aromatic nitrogens is 1. The van der Waals surface area contributed by atoms with Crippen molar-refractivity contribution in [3.05, 3.63) is 35.8 Å². The Bertz CT molecular complexity index is 522. The Morgan fingerprint density at radius 2 is 2.00 bits per heavy atom. The van der Waals surface area contributed by atoms with Crippen LogP contribution >= 0.6 is 0 Å². The number of hydrogen-bond acceptors (Lipinski definition) is 1. The van der Waals surface area contributed by atoms with Crippen molar-refractivity contribution in [2.45, 2.75) is 32.9 Å². The molecule has 0 spiro atoms. The third kappa shape index (κ3) is 2.09. The molecule has 3 heteroatoms. The maximum absolute atomic E-state index is 13.1. The van der Waals surface area contributed by atoms with Crippen LogP contribution in [0.15, 0.2) is 24.3 Å². The van der Waals surface area contributed by atoms with E-state index in [-0.39, 0.29) is 5.82 Å². The summed E-state index contributed by atoms with van der Waals surface area (Å²) in [5, 5.41) is 10.7. The Morgan fingerprint density at radius 1 is 1.31 bits per heavy atom. The molecule has 1 aromatic carbocycles. The third-order valence-electron chi connectivity index (χ3n) is 2.62. The summed E-state index contributed by atoms with van der Waals surface area (Å²) in [7, 11) is 0. The normalized spacial score (nSPS) is 12.3. The van der Waals surface area contributed by atoms with Crippen LogP contribution < -0.4 is 0 Å². The fraction of sp³-hybridized carbons (Fsp3) is 0.385. The van der Waals surface area contributed by atoms with E-state index in [0.717, 1.165) is 16.6 Å². The number of nitrogens with zero attached hydrogens (tertiary/aromatic N) is 1. The second kappa shape index (κ2) is 3.59. The molecule has 0 saturated heterocycles. The van der Waals surface area contributed by atoms with Crippen LogP contribution in [0, 0.1) is 12.7 Å². The van der Waals surface area contributed by atoms with Crippen LogP contribution in [0.1, 0.15) is 19.5 Å². The van der Waals surface area contributed by atoms with Gasteiger partial charge in [0.05, 0.1) is 12.1 Å². The predicted molar refractivity (Wildman–Crippen MR) is 62.9 cm³/mol. The van der Waals surface area contributed by atoms with Crippen molar-refractivity contribution in [3.8, 4) is 0 Å². The van der Waals surface area contributed by atoms with Crippen molar-refractivity contribution in [2.24, 2.45) is 0 Å². The Morgan fingerprint density at radius 3 is 2.62 bits per heavy atom. The maximum atomic E-state index is 13.1. The van der Waals surface area contributed by atoms with Gasteiger partial charge in [0.2, 0.25) is 0 Å². The van der Waals surface area contributed by atoms with E-state index in [1.54, 1.807) is 19.9 Å². The van der Waals surface area contributed by atoms with Crippen molar-refractivity contribution in [1.29, 1.82) is 0 Å². The minimum absolute atomic E-state index is 0.229. The molecule has 1 heterocycles. The van der Waals surface area contributed by atoms with Gasteiger partial charge < -0.3 is 9.67 Å². The number of aryl methyl sites for hydroxylation is 1. The summed E-state index contributed by atoms with van der Waals surface area (Å²) in [5.41, 5.74) is 1.22. The summed E-state index contributed by atoms with van der Waals surface area (Å²) in [6, 6.07) is 6.65. The van der Waals surface area contributed by atoms with Gasteiger partial charge in [0, 0.05) is 16.6 Å². The zero-order chi connectivity index (χ0) is 11.9. The van der Waals surface area contributed by atoms with Crippen LogP contribution in [0.5, 0.6) is 0 Å². The zero-order valence-corrected chi connectivity index (χ0v) is 9.79. The number of hydrogen-bond donors (Lipinski definition) is 1. The predicted octanol–water partition coefficient (Wildman–Crippen LogP) is 2.86. The van der Waals surface area contributed by atoms with Crippen LogP contribution in [0.25, 0.3) is 10.9 Å². The van der Waals surface area contributed by atoms with Crippen LogP contribution in [0.2, 0.25) is 0 Å². The van der Waals surface area contributed by atoms with Gasteiger partial charge in [-0.3, -0.25) is 0 Å². The molecule has 0 amide bonds. The molecule has 0 aliphatic heterocycles. The van der Waals surface area contributed by atoms with Gasteiger partial charge in [0.15, 0.2) is 0 Å². The molecule has 16 heavy (non-hydrogen) atoms. The molecule has 1 aromatic heterocycles. The molecule has 0 unspecified atom stereocenters. The summed E-state index contributed by atoms with van der Waals surface area (Å²) in [6.45, 7) is 6.00. The Kier molecular flexibility index (Phi) is 2.50. The molecule has 0 bridgehead atoms. The highest BCUT2D eigenvalue weighted by molar-refractivity contribution is 5.81. The molecule has 0 aliphatic rings. The molecule has 0 radical (unpaired) electrons. The highest BCUT2D eigenvalue weighted by Gasteiger charge is 2.16. The van der Waals surface area contributed by atoms with Crippen molar-refractivity contribution in [3.63, 3.8) is 0 Å². The quantitative estimate of drug-likeness (QED) is 0.828. The van der Waals surface area contributed by atoms with E-state index >= 15 is 0 Å². The van der Waals surface area contributed by atoms with E-state index in [1.165, 1.54) is 12.1 Å². The van der Waals surface area contributed by atoms with Crippen molar-refractivity contribution in [1.82, 2.24) is 4.57 Å². The second-order valence-corrected chi connectivity index (χ2v) is 4.89. The van der Waals surface area contributed by atoms with Crippen molar-refractivity contribution >= 4 is 10.9 Å². The number of benzene rings is 1.